The Kier molecular flexibility index (Phi) is 5.19. The number of aromatic nitrogens is 1. The molecule has 3 aromatic rings. The third kappa shape index (κ3) is 3.58. The largest absolute Gasteiger partial charge is 0.505 e. The van der Waals surface area contributed by atoms with Gasteiger partial charge in [0.1, 0.15) is 5.75 Å². The minimum absolute atomic E-state index is 0.0392. The van der Waals surface area contributed by atoms with Crippen LogP contribution in [-0.2, 0) is 4.74 Å². The van der Waals surface area contributed by atoms with Crippen molar-refractivity contribution in [3.8, 4) is 21.9 Å². The predicted octanol–water partition coefficient (Wildman–Crippen LogP) is 4.63. The molecule has 0 saturated carbocycles. The third-order valence-electron chi connectivity index (χ3n) is 3.85. The Balaban J connectivity index is 1.92. The van der Waals surface area contributed by atoms with E-state index in [1.807, 2.05) is 37.3 Å². The van der Waals surface area contributed by atoms with Gasteiger partial charge in [0.2, 0.25) is 0 Å². The number of benzene rings is 1. The molecule has 130 valence electrons. The highest BCUT2D eigenvalue weighted by molar-refractivity contribution is 7.22. The summed E-state index contributed by atoms with van der Waals surface area (Å²) in [4.78, 5) is 17.1. The Labute approximate surface area is 149 Å². The molecule has 0 fully saturated rings. The summed E-state index contributed by atoms with van der Waals surface area (Å²) < 4.78 is 11.1. The van der Waals surface area contributed by atoms with Gasteiger partial charge in [-0.2, -0.15) is 0 Å². The van der Waals surface area contributed by atoms with Gasteiger partial charge in [-0.05, 0) is 42.3 Å². The monoisotopic (exact) mass is 357 g/mol. The summed E-state index contributed by atoms with van der Waals surface area (Å²) in [6.45, 7) is 2.34. The number of methoxy groups -OCH3 is 1. The van der Waals surface area contributed by atoms with Gasteiger partial charge in [0.25, 0.3) is 0 Å². The molecule has 0 saturated heterocycles. The van der Waals surface area contributed by atoms with Crippen LogP contribution < -0.4 is 4.74 Å². The van der Waals surface area contributed by atoms with Gasteiger partial charge >= 0.3 is 5.97 Å². The van der Waals surface area contributed by atoms with Crippen LogP contribution in [0.1, 0.15) is 30.3 Å². The number of esters is 1. The smallest absolute Gasteiger partial charge is 0.360 e. The molecule has 0 aliphatic rings. The molecule has 3 rings (SSSR count). The molecule has 0 spiro atoms. The molecule has 6 heteroatoms. The second kappa shape index (κ2) is 7.53. The number of nitrogens with zero attached hydrogens (tertiary/aromatic N) is 1. The summed E-state index contributed by atoms with van der Waals surface area (Å²) in [6.07, 6.45) is 3.32. The molecule has 0 amide bonds. The van der Waals surface area contributed by atoms with Crippen LogP contribution in [0.2, 0.25) is 0 Å². The van der Waals surface area contributed by atoms with Crippen LogP contribution in [0.5, 0.6) is 11.5 Å². The minimum Gasteiger partial charge on any atom is -0.505 e. The highest BCUT2D eigenvalue weighted by atomic mass is 32.1. The third-order valence-corrected chi connectivity index (χ3v) is 4.97. The lowest BCUT2D eigenvalue weighted by molar-refractivity contribution is 0.0489. The Morgan fingerprint density at radius 2 is 2.04 bits per heavy atom. The lowest BCUT2D eigenvalue weighted by Gasteiger charge is -2.05. The van der Waals surface area contributed by atoms with Crippen LogP contribution in [0.15, 0.2) is 36.5 Å². The number of unbranched alkanes of at least 4 members (excludes halogenated alkanes) is 1. The van der Waals surface area contributed by atoms with Crippen molar-refractivity contribution < 1.29 is 19.4 Å². The van der Waals surface area contributed by atoms with Gasteiger partial charge in [-0.3, -0.25) is 0 Å². The molecule has 5 nitrogen and oxygen atoms in total. The SMILES string of the molecule is CCCCOC(=O)c1ncc2sc(-c3ccc(OC)cc3)cc2c1O. The van der Waals surface area contributed by atoms with Crippen LogP contribution in [0.25, 0.3) is 20.5 Å². The van der Waals surface area contributed by atoms with E-state index in [9.17, 15) is 9.90 Å². The fourth-order valence-corrected chi connectivity index (χ4v) is 3.46. The molecule has 25 heavy (non-hydrogen) atoms. The first-order valence-electron chi connectivity index (χ1n) is 8.07. The van der Waals surface area contributed by atoms with Gasteiger partial charge in [0.05, 0.1) is 18.4 Å². The zero-order valence-electron chi connectivity index (χ0n) is 14.1. The van der Waals surface area contributed by atoms with Crippen LogP contribution in [0.4, 0.5) is 0 Å². The van der Waals surface area contributed by atoms with Crippen molar-refractivity contribution in [2.45, 2.75) is 19.8 Å². The maximum absolute atomic E-state index is 12.1. The summed E-state index contributed by atoms with van der Waals surface area (Å²) in [5.74, 6) is 0.0616. The molecule has 0 atom stereocenters. The number of thiophene rings is 1. The van der Waals surface area contributed by atoms with Crippen molar-refractivity contribution in [1.29, 1.82) is 0 Å². The van der Waals surface area contributed by atoms with E-state index in [1.165, 1.54) is 11.3 Å². The van der Waals surface area contributed by atoms with E-state index < -0.39 is 5.97 Å². The average Bonchev–Trinajstić information content (AvgIpc) is 3.07. The Hall–Kier alpha value is -2.60. The van der Waals surface area contributed by atoms with Gasteiger partial charge in [-0.1, -0.05) is 13.3 Å². The molecule has 1 aromatic carbocycles. The standard InChI is InChI=1S/C19H19NO4S/c1-3-4-9-24-19(22)17-18(21)14-10-15(25-16(14)11-20-17)12-5-7-13(23-2)8-6-12/h5-8,10-11,21H,3-4,9H2,1-2H3. The first kappa shape index (κ1) is 17.2. The number of carbonyl (C=O) groups is 1. The van der Waals surface area contributed by atoms with E-state index in [0.29, 0.717) is 12.0 Å². The molecule has 2 aromatic heterocycles. The normalized spacial score (nSPS) is 10.8. The lowest BCUT2D eigenvalue weighted by atomic mass is 10.1. The number of ether oxygens (including phenoxy) is 2. The van der Waals surface area contributed by atoms with Gasteiger partial charge < -0.3 is 14.6 Å². The topological polar surface area (TPSA) is 68.7 Å². The van der Waals surface area contributed by atoms with Crippen LogP contribution in [0.3, 0.4) is 0 Å². The summed E-state index contributed by atoms with van der Waals surface area (Å²) in [5, 5.41) is 11.0. The van der Waals surface area contributed by atoms with E-state index in [-0.39, 0.29) is 11.4 Å². The van der Waals surface area contributed by atoms with Crippen LogP contribution in [0, 0.1) is 0 Å². The molecule has 0 aliphatic carbocycles. The number of hydrogen-bond acceptors (Lipinski definition) is 6. The lowest BCUT2D eigenvalue weighted by Crippen LogP contribution is -2.08. The highest BCUT2D eigenvalue weighted by Crippen LogP contribution is 2.38. The highest BCUT2D eigenvalue weighted by Gasteiger charge is 2.19. The van der Waals surface area contributed by atoms with E-state index in [2.05, 4.69) is 4.98 Å². The molecule has 1 N–H and O–H groups in total. The van der Waals surface area contributed by atoms with E-state index in [4.69, 9.17) is 9.47 Å². The molecule has 0 bridgehead atoms. The number of fused-ring (bicyclic) bond motifs is 1. The Bertz CT molecular complexity index is 886. The van der Waals surface area contributed by atoms with E-state index in [1.54, 1.807) is 13.3 Å². The fourth-order valence-electron chi connectivity index (χ4n) is 2.42. The van der Waals surface area contributed by atoms with Crippen molar-refractivity contribution in [1.82, 2.24) is 4.98 Å². The summed E-state index contributed by atoms with van der Waals surface area (Å²) in [5.41, 5.74) is 0.969. The Morgan fingerprint density at radius 1 is 1.28 bits per heavy atom. The number of rotatable bonds is 6. The fraction of sp³-hybridized carbons (Fsp3) is 0.263. The van der Waals surface area contributed by atoms with Gasteiger partial charge in [-0.15, -0.1) is 11.3 Å². The van der Waals surface area contributed by atoms with Crippen molar-refractivity contribution in [3.05, 3.63) is 42.2 Å². The van der Waals surface area contributed by atoms with E-state index >= 15 is 0 Å². The van der Waals surface area contributed by atoms with Gasteiger partial charge in [-0.25, -0.2) is 9.78 Å². The summed E-state index contributed by atoms with van der Waals surface area (Å²) in [6, 6.07) is 9.53. The maximum atomic E-state index is 12.1. The zero-order valence-corrected chi connectivity index (χ0v) is 14.9. The van der Waals surface area contributed by atoms with Crippen molar-refractivity contribution in [2.24, 2.45) is 0 Å². The van der Waals surface area contributed by atoms with Crippen LogP contribution >= 0.6 is 11.3 Å². The zero-order chi connectivity index (χ0) is 17.8. The minimum atomic E-state index is -0.593. The Morgan fingerprint density at radius 3 is 2.72 bits per heavy atom. The molecular formula is C19H19NO4S. The van der Waals surface area contributed by atoms with Gasteiger partial charge in [0, 0.05) is 16.5 Å². The van der Waals surface area contributed by atoms with E-state index in [0.717, 1.165) is 33.7 Å². The van der Waals surface area contributed by atoms with Crippen molar-refractivity contribution >= 4 is 27.4 Å². The molecular weight excluding hydrogens is 338 g/mol. The van der Waals surface area contributed by atoms with Crippen LogP contribution in [-0.4, -0.2) is 29.8 Å². The number of carbonyl (C=O) groups excluding carboxylic acids is 1. The second-order valence-electron chi connectivity index (χ2n) is 5.56. The number of pyridine rings is 1. The summed E-state index contributed by atoms with van der Waals surface area (Å²) >= 11 is 1.50. The molecule has 0 unspecified atom stereocenters. The molecule has 2 heterocycles. The number of hydrogen-bond donors (Lipinski definition) is 1. The predicted molar refractivity (Wildman–Crippen MR) is 98.5 cm³/mol. The summed E-state index contributed by atoms with van der Waals surface area (Å²) in [7, 11) is 1.62. The molecule has 0 aliphatic heterocycles. The molecule has 0 radical (unpaired) electrons. The number of aromatic hydroxyl groups is 1. The first-order valence-corrected chi connectivity index (χ1v) is 8.88. The van der Waals surface area contributed by atoms with Crippen molar-refractivity contribution in [3.63, 3.8) is 0 Å². The average molecular weight is 357 g/mol. The quantitative estimate of drug-likeness (QED) is 0.514. The second-order valence-corrected chi connectivity index (χ2v) is 6.65. The van der Waals surface area contributed by atoms with Crippen molar-refractivity contribution in [2.75, 3.05) is 13.7 Å². The van der Waals surface area contributed by atoms with Gasteiger partial charge in [0.15, 0.2) is 11.4 Å². The maximum Gasteiger partial charge on any atom is 0.360 e. The first-order chi connectivity index (χ1) is 12.1.